The monoisotopic (exact) mass is 478 g/mol. The van der Waals surface area contributed by atoms with E-state index in [0.717, 1.165) is 10.0 Å². The Morgan fingerprint density at radius 2 is 1.81 bits per heavy atom. The molecule has 0 radical (unpaired) electrons. The molecule has 0 saturated heterocycles. The van der Waals surface area contributed by atoms with Crippen LogP contribution in [0.3, 0.4) is 0 Å². The number of anilines is 1. The van der Waals surface area contributed by atoms with Gasteiger partial charge in [0.2, 0.25) is 5.76 Å². The molecule has 0 bridgehead atoms. The van der Waals surface area contributed by atoms with Crippen LogP contribution in [0.2, 0.25) is 0 Å². The van der Waals surface area contributed by atoms with Crippen molar-refractivity contribution in [2.45, 2.75) is 32.7 Å². The van der Waals surface area contributed by atoms with E-state index < -0.39 is 11.9 Å². The molecule has 3 heterocycles. The van der Waals surface area contributed by atoms with E-state index in [4.69, 9.17) is 8.94 Å². The van der Waals surface area contributed by atoms with Gasteiger partial charge in [0.1, 0.15) is 11.3 Å². The Morgan fingerprint density at radius 1 is 1.06 bits per heavy atom. The van der Waals surface area contributed by atoms with Gasteiger partial charge in [0.15, 0.2) is 11.2 Å². The Labute approximate surface area is 186 Å². The SMILES string of the molecule is Cc1cc(N2C(=O)c3oc4ccc(Br)cc4c(=O)c3[C@H]2c2ccc(C(C)C)cc2)no1. The van der Waals surface area contributed by atoms with Crippen molar-refractivity contribution < 1.29 is 13.7 Å². The summed E-state index contributed by atoms with van der Waals surface area (Å²) in [5.41, 5.74) is 2.43. The third kappa shape index (κ3) is 3.11. The van der Waals surface area contributed by atoms with Gasteiger partial charge in [-0.05, 0) is 42.2 Å². The van der Waals surface area contributed by atoms with Crippen LogP contribution in [0.5, 0.6) is 0 Å². The van der Waals surface area contributed by atoms with Gasteiger partial charge in [-0.3, -0.25) is 14.5 Å². The van der Waals surface area contributed by atoms with Crippen LogP contribution in [-0.2, 0) is 0 Å². The fraction of sp³-hybridized carbons (Fsp3) is 0.208. The molecule has 0 spiro atoms. The predicted octanol–water partition coefficient (Wildman–Crippen LogP) is 5.73. The van der Waals surface area contributed by atoms with Crippen molar-refractivity contribution in [3.63, 3.8) is 0 Å². The number of amides is 1. The minimum Gasteiger partial charge on any atom is -0.450 e. The highest BCUT2D eigenvalue weighted by Crippen LogP contribution is 2.41. The first-order valence-electron chi connectivity index (χ1n) is 9.98. The van der Waals surface area contributed by atoms with Crippen molar-refractivity contribution >= 4 is 38.6 Å². The minimum absolute atomic E-state index is 0.0402. The van der Waals surface area contributed by atoms with E-state index >= 15 is 0 Å². The van der Waals surface area contributed by atoms with Crippen LogP contribution in [0.25, 0.3) is 11.0 Å². The van der Waals surface area contributed by atoms with Gasteiger partial charge in [0.05, 0.1) is 17.0 Å². The van der Waals surface area contributed by atoms with Crippen LogP contribution in [-0.4, -0.2) is 11.1 Å². The summed E-state index contributed by atoms with van der Waals surface area (Å²) in [4.78, 5) is 28.5. The number of hydrogen-bond acceptors (Lipinski definition) is 5. The molecular weight excluding hydrogens is 460 g/mol. The largest absolute Gasteiger partial charge is 0.450 e. The summed E-state index contributed by atoms with van der Waals surface area (Å²) in [5.74, 6) is 0.909. The van der Waals surface area contributed by atoms with Crippen molar-refractivity contribution in [3.05, 3.63) is 91.4 Å². The van der Waals surface area contributed by atoms with Crippen molar-refractivity contribution in [3.8, 4) is 0 Å². The molecule has 1 amide bonds. The van der Waals surface area contributed by atoms with Gasteiger partial charge in [-0.1, -0.05) is 59.2 Å². The molecule has 0 N–H and O–H groups in total. The van der Waals surface area contributed by atoms with Gasteiger partial charge >= 0.3 is 0 Å². The Hall–Kier alpha value is -3.19. The maximum Gasteiger partial charge on any atom is 0.296 e. The second kappa shape index (κ2) is 7.20. The van der Waals surface area contributed by atoms with Crippen LogP contribution in [0.1, 0.15) is 58.8 Å². The summed E-state index contributed by atoms with van der Waals surface area (Å²) in [7, 11) is 0. The molecule has 1 aliphatic rings. The standard InChI is InChI=1S/C24H19BrN2O4/c1-12(2)14-4-6-15(7-5-14)21-20-22(28)17-11-16(25)8-9-18(17)30-23(20)24(29)27(21)19-10-13(3)31-26-19/h4-12,21H,1-3H3/t21-/m1/s1. The summed E-state index contributed by atoms with van der Waals surface area (Å²) in [6.45, 7) is 5.99. The first kappa shape index (κ1) is 19.8. The minimum atomic E-state index is -0.659. The molecule has 156 valence electrons. The first-order valence-corrected chi connectivity index (χ1v) is 10.8. The van der Waals surface area contributed by atoms with Crippen molar-refractivity contribution in [1.82, 2.24) is 5.16 Å². The molecule has 2 aromatic carbocycles. The molecule has 6 nitrogen and oxygen atoms in total. The lowest BCUT2D eigenvalue weighted by molar-refractivity contribution is 0.0969. The topological polar surface area (TPSA) is 76.6 Å². The number of aromatic nitrogens is 1. The van der Waals surface area contributed by atoms with Crippen LogP contribution in [0, 0.1) is 6.92 Å². The lowest BCUT2D eigenvalue weighted by Crippen LogP contribution is -2.29. The maximum atomic E-state index is 13.6. The molecule has 5 rings (SSSR count). The third-order valence-corrected chi connectivity index (χ3v) is 6.11. The van der Waals surface area contributed by atoms with E-state index in [0.29, 0.717) is 34.0 Å². The Kier molecular flexibility index (Phi) is 4.59. The van der Waals surface area contributed by atoms with Crippen molar-refractivity contribution in [2.24, 2.45) is 0 Å². The number of aryl methyl sites for hydroxylation is 1. The molecule has 0 saturated carbocycles. The average molecular weight is 479 g/mol. The third-order valence-electron chi connectivity index (χ3n) is 5.61. The fourth-order valence-electron chi connectivity index (χ4n) is 4.03. The van der Waals surface area contributed by atoms with Crippen LogP contribution in [0.4, 0.5) is 5.82 Å². The lowest BCUT2D eigenvalue weighted by Gasteiger charge is -2.22. The highest BCUT2D eigenvalue weighted by atomic mass is 79.9. The number of rotatable bonds is 3. The van der Waals surface area contributed by atoms with Gasteiger partial charge in [0.25, 0.3) is 5.91 Å². The van der Waals surface area contributed by atoms with Crippen LogP contribution < -0.4 is 10.3 Å². The highest BCUT2D eigenvalue weighted by Gasteiger charge is 2.44. The maximum absolute atomic E-state index is 13.6. The smallest absolute Gasteiger partial charge is 0.296 e. The second-order valence-corrected chi connectivity index (χ2v) is 8.92. The molecule has 0 aliphatic carbocycles. The van der Waals surface area contributed by atoms with Crippen molar-refractivity contribution in [2.75, 3.05) is 4.90 Å². The zero-order valence-electron chi connectivity index (χ0n) is 17.2. The fourth-order valence-corrected chi connectivity index (χ4v) is 4.39. The highest BCUT2D eigenvalue weighted by molar-refractivity contribution is 9.10. The number of carbonyl (C=O) groups is 1. The van der Waals surface area contributed by atoms with Gasteiger partial charge in [-0.25, -0.2) is 0 Å². The summed E-state index contributed by atoms with van der Waals surface area (Å²) in [6, 6.07) is 14.1. The summed E-state index contributed by atoms with van der Waals surface area (Å²) in [5, 5.41) is 4.46. The van der Waals surface area contributed by atoms with E-state index in [1.165, 1.54) is 10.5 Å². The molecule has 7 heteroatoms. The molecule has 0 unspecified atom stereocenters. The van der Waals surface area contributed by atoms with E-state index in [1.807, 2.05) is 24.3 Å². The number of fused-ring (bicyclic) bond motifs is 2. The van der Waals surface area contributed by atoms with Crippen LogP contribution in [0.15, 0.2) is 66.7 Å². The van der Waals surface area contributed by atoms with E-state index in [2.05, 4.69) is 34.9 Å². The number of benzene rings is 2. The molecule has 1 aliphatic heterocycles. The van der Waals surface area contributed by atoms with E-state index in [1.54, 1.807) is 31.2 Å². The Balaban J connectivity index is 1.78. The van der Waals surface area contributed by atoms with E-state index in [-0.39, 0.29) is 11.2 Å². The molecule has 31 heavy (non-hydrogen) atoms. The number of nitrogens with zero attached hydrogens (tertiary/aromatic N) is 2. The second-order valence-electron chi connectivity index (χ2n) is 8.01. The summed E-state index contributed by atoms with van der Waals surface area (Å²) in [6.07, 6.45) is 0. The quantitative estimate of drug-likeness (QED) is 0.376. The average Bonchev–Trinajstić information content (AvgIpc) is 3.30. The zero-order chi connectivity index (χ0) is 21.9. The van der Waals surface area contributed by atoms with Gasteiger partial charge in [0, 0.05) is 10.5 Å². The summed E-state index contributed by atoms with van der Waals surface area (Å²) < 4.78 is 11.9. The van der Waals surface area contributed by atoms with Crippen LogP contribution >= 0.6 is 15.9 Å². The molecule has 2 aromatic heterocycles. The molecule has 0 fully saturated rings. The zero-order valence-corrected chi connectivity index (χ0v) is 18.8. The van der Waals surface area contributed by atoms with Gasteiger partial charge in [-0.2, -0.15) is 0 Å². The van der Waals surface area contributed by atoms with E-state index in [9.17, 15) is 9.59 Å². The normalized spacial score (nSPS) is 15.8. The number of halogens is 1. The molecular formula is C24H19BrN2O4. The molecule has 1 atom stereocenters. The van der Waals surface area contributed by atoms with Crippen molar-refractivity contribution in [1.29, 1.82) is 0 Å². The van der Waals surface area contributed by atoms with Gasteiger partial charge < -0.3 is 8.94 Å². The molecule has 4 aromatic rings. The first-order chi connectivity index (χ1) is 14.8. The lowest BCUT2D eigenvalue weighted by atomic mass is 9.95. The summed E-state index contributed by atoms with van der Waals surface area (Å²) >= 11 is 3.41. The van der Waals surface area contributed by atoms with Gasteiger partial charge in [-0.15, -0.1) is 0 Å². The number of carbonyl (C=O) groups excluding carboxylic acids is 1. The Morgan fingerprint density at radius 3 is 2.45 bits per heavy atom. The Bertz CT molecular complexity index is 1390. The predicted molar refractivity (Wildman–Crippen MR) is 121 cm³/mol. The number of hydrogen-bond donors (Lipinski definition) is 0.